The second kappa shape index (κ2) is 4.67. The van der Waals surface area contributed by atoms with E-state index in [9.17, 15) is 13.2 Å². The SMILES string of the molecule is CC1(C)OB(N(c2ccccc2)C(F)(F)F)OC1(C)C. The van der Waals surface area contributed by atoms with Crippen molar-refractivity contribution in [2.75, 3.05) is 4.81 Å². The molecule has 1 heterocycles. The van der Waals surface area contributed by atoms with Gasteiger partial charge in [0.25, 0.3) is 0 Å². The Labute approximate surface area is 116 Å². The zero-order valence-corrected chi connectivity index (χ0v) is 11.9. The summed E-state index contributed by atoms with van der Waals surface area (Å²) in [6.07, 6.45) is -4.59. The van der Waals surface area contributed by atoms with Gasteiger partial charge < -0.3 is 9.31 Å². The Morgan fingerprint density at radius 1 is 0.950 bits per heavy atom. The number of hydrogen-bond donors (Lipinski definition) is 0. The first-order valence-electron chi connectivity index (χ1n) is 6.31. The van der Waals surface area contributed by atoms with Gasteiger partial charge in [0.05, 0.1) is 11.2 Å². The first-order chi connectivity index (χ1) is 9.05. The van der Waals surface area contributed by atoms with Crippen LogP contribution in [-0.4, -0.2) is 24.8 Å². The maximum atomic E-state index is 13.3. The van der Waals surface area contributed by atoms with E-state index in [-0.39, 0.29) is 10.5 Å². The molecule has 0 aliphatic carbocycles. The van der Waals surface area contributed by atoms with E-state index in [0.717, 1.165) is 0 Å². The molecule has 20 heavy (non-hydrogen) atoms. The molecule has 110 valence electrons. The van der Waals surface area contributed by atoms with E-state index < -0.39 is 24.8 Å². The van der Waals surface area contributed by atoms with E-state index in [1.807, 2.05) is 0 Å². The van der Waals surface area contributed by atoms with Crippen molar-refractivity contribution in [2.45, 2.75) is 45.2 Å². The number of halogens is 3. The highest BCUT2D eigenvalue weighted by molar-refractivity contribution is 6.51. The van der Waals surface area contributed by atoms with E-state index in [4.69, 9.17) is 9.31 Å². The van der Waals surface area contributed by atoms with Gasteiger partial charge in [0.15, 0.2) is 0 Å². The lowest BCUT2D eigenvalue weighted by Crippen LogP contribution is -2.51. The zero-order chi connectivity index (χ0) is 15.2. The summed E-state index contributed by atoms with van der Waals surface area (Å²) in [6.45, 7) is 6.86. The quantitative estimate of drug-likeness (QED) is 0.612. The molecular weight excluding hydrogens is 270 g/mol. The number of rotatable bonds is 2. The van der Waals surface area contributed by atoms with Gasteiger partial charge in [0, 0.05) is 5.69 Å². The van der Waals surface area contributed by atoms with Crippen molar-refractivity contribution < 1.29 is 22.5 Å². The summed E-state index contributed by atoms with van der Waals surface area (Å²) >= 11 is 0. The lowest BCUT2D eigenvalue weighted by atomic mass is 9.90. The number of para-hydroxylation sites is 1. The summed E-state index contributed by atoms with van der Waals surface area (Å²) in [7, 11) is -1.50. The Morgan fingerprint density at radius 3 is 1.80 bits per heavy atom. The molecule has 0 bridgehead atoms. The van der Waals surface area contributed by atoms with Crippen molar-refractivity contribution in [1.82, 2.24) is 0 Å². The maximum absolute atomic E-state index is 13.3. The molecule has 1 fully saturated rings. The van der Waals surface area contributed by atoms with E-state index in [1.54, 1.807) is 45.9 Å². The molecular formula is C13H17BF3NO2. The van der Waals surface area contributed by atoms with E-state index in [2.05, 4.69) is 0 Å². The van der Waals surface area contributed by atoms with Crippen LogP contribution in [0.4, 0.5) is 18.9 Å². The maximum Gasteiger partial charge on any atom is 0.601 e. The third-order valence-electron chi connectivity index (χ3n) is 3.76. The Hall–Kier alpha value is -1.21. The van der Waals surface area contributed by atoms with Crippen LogP contribution in [0.25, 0.3) is 0 Å². The summed E-state index contributed by atoms with van der Waals surface area (Å²) in [5.41, 5.74) is -1.66. The standard InChI is InChI=1S/C13H17BF3NO2/c1-11(2)12(3,4)20-14(19-11)18(13(15,16)17)10-8-6-5-7-9-10/h5-9H,1-4H3. The van der Waals surface area contributed by atoms with Crippen molar-refractivity contribution in [2.24, 2.45) is 0 Å². The van der Waals surface area contributed by atoms with E-state index >= 15 is 0 Å². The lowest BCUT2D eigenvalue weighted by molar-refractivity contribution is -0.121. The first-order valence-corrected chi connectivity index (χ1v) is 6.31. The van der Waals surface area contributed by atoms with Crippen LogP contribution in [0.1, 0.15) is 27.7 Å². The minimum Gasteiger partial charge on any atom is -0.384 e. The largest absolute Gasteiger partial charge is 0.601 e. The van der Waals surface area contributed by atoms with Gasteiger partial charge in [-0.2, -0.15) is 13.2 Å². The third kappa shape index (κ3) is 2.65. The predicted octanol–water partition coefficient (Wildman–Crippen LogP) is 3.60. The molecule has 0 radical (unpaired) electrons. The van der Waals surface area contributed by atoms with Gasteiger partial charge in [-0.05, 0) is 39.8 Å². The second-order valence-corrected chi connectivity index (χ2v) is 5.74. The molecule has 1 aromatic rings. The highest BCUT2D eigenvalue weighted by atomic mass is 19.4. The summed E-state index contributed by atoms with van der Waals surface area (Å²) in [6, 6.07) is 7.48. The Bertz CT molecular complexity index is 460. The minimum absolute atomic E-state index is 0.0153. The van der Waals surface area contributed by atoms with Gasteiger partial charge in [0.2, 0.25) is 0 Å². The predicted molar refractivity (Wildman–Crippen MR) is 71.1 cm³/mol. The van der Waals surface area contributed by atoms with Crippen molar-refractivity contribution in [1.29, 1.82) is 0 Å². The number of hydrogen-bond acceptors (Lipinski definition) is 3. The molecule has 0 N–H and O–H groups in total. The Kier molecular flexibility index (Phi) is 3.54. The third-order valence-corrected chi connectivity index (χ3v) is 3.76. The molecule has 0 atom stereocenters. The van der Waals surface area contributed by atoms with Crippen molar-refractivity contribution in [3.05, 3.63) is 30.3 Å². The van der Waals surface area contributed by atoms with Gasteiger partial charge >= 0.3 is 13.6 Å². The summed E-state index contributed by atoms with van der Waals surface area (Å²) in [5, 5.41) is 0. The minimum atomic E-state index is -4.59. The number of alkyl halides is 3. The molecule has 0 unspecified atom stereocenters. The second-order valence-electron chi connectivity index (χ2n) is 5.74. The molecule has 0 spiro atoms. The van der Waals surface area contributed by atoms with Crippen LogP contribution in [0, 0.1) is 0 Å². The molecule has 7 heteroatoms. The van der Waals surface area contributed by atoms with Gasteiger partial charge in [-0.3, -0.25) is 4.81 Å². The highest BCUT2D eigenvalue weighted by Crippen LogP contribution is 2.41. The smallest absolute Gasteiger partial charge is 0.384 e. The molecule has 0 amide bonds. The molecule has 0 aromatic heterocycles. The summed E-state index contributed by atoms with van der Waals surface area (Å²) in [5.74, 6) is 0. The van der Waals surface area contributed by atoms with Crippen LogP contribution < -0.4 is 4.81 Å². The average Bonchev–Trinajstić information content (AvgIpc) is 2.47. The van der Waals surface area contributed by atoms with Crippen LogP contribution in [0.5, 0.6) is 0 Å². The van der Waals surface area contributed by atoms with Crippen LogP contribution in [0.3, 0.4) is 0 Å². The van der Waals surface area contributed by atoms with Crippen LogP contribution in [-0.2, 0) is 9.31 Å². The monoisotopic (exact) mass is 287 g/mol. The van der Waals surface area contributed by atoms with E-state index in [0.29, 0.717) is 0 Å². The molecule has 1 aliphatic heterocycles. The fourth-order valence-corrected chi connectivity index (χ4v) is 1.89. The molecule has 3 nitrogen and oxygen atoms in total. The van der Waals surface area contributed by atoms with Crippen LogP contribution >= 0.6 is 0 Å². The van der Waals surface area contributed by atoms with Gasteiger partial charge in [-0.25, -0.2) is 0 Å². The van der Waals surface area contributed by atoms with Gasteiger partial charge in [-0.1, -0.05) is 18.2 Å². The molecule has 1 aromatic carbocycles. The number of benzene rings is 1. The molecule has 1 saturated heterocycles. The fourth-order valence-electron chi connectivity index (χ4n) is 1.89. The highest BCUT2D eigenvalue weighted by Gasteiger charge is 2.59. The topological polar surface area (TPSA) is 21.7 Å². The summed E-state index contributed by atoms with van der Waals surface area (Å²) in [4.78, 5) is 0.198. The average molecular weight is 287 g/mol. The number of anilines is 1. The summed E-state index contributed by atoms with van der Waals surface area (Å²) < 4.78 is 51.0. The Balaban J connectivity index is 2.36. The first kappa shape index (κ1) is 15.2. The van der Waals surface area contributed by atoms with Crippen LogP contribution in [0.15, 0.2) is 30.3 Å². The van der Waals surface area contributed by atoms with Crippen molar-refractivity contribution in [3.63, 3.8) is 0 Å². The van der Waals surface area contributed by atoms with Crippen molar-refractivity contribution in [3.8, 4) is 0 Å². The van der Waals surface area contributed by atoms with Crippen molar-refractivity contribution >= 4 is 12.9 Å². The van der Waals surface area contributed by atoms with E-state index in [1.165, 1.54) is 12.1 Å². The Morgan fingerprint density at radius 2 is 1.40 bits per heavy atom. The number of nitrogens with zero attached hydrogens (tertiary/aromatic N) is 1. The normalized spacial score (nSPS) is 21.1. The van der Waals surface area contributed by atoms with Gasteiger partial charge in [0.1, 0.15) is 0 Å². The van der Waals surface area contributed by atoms with Gasteiger partial charge in [-0.15, -0.1) is 0 Å². The lowest BCUT2D eigenvalue weighted by Gasteiger charge is -2.32. The molecule has 2 rings (SSSR count). The van der Waals surface area contributed by atoms with Crippen LogP contribution in [0.2, 0.25) is 0 Å². The fraction of sp³-hybridized carbons (Fsp3) is 0.538. The zero-order valence-electron chi connectivity index (χ0n) is 11.9. The molecule has 1 aliphatic rings. The molecule has 0 saturated carbocycles.